The van der Waals surface area contributed by atoms with E-state index in [2.05, 4.69) is 0 Å². The number of carbonyl (C=O) groups excluding carboxylic acids is 1. The van der Waals surface area contributed by atoms with E-state index >= 15 is 0 Å². The van der Waals surface area contributed by atoms with E-state index in [1.54, 1.807) is 7.11 Å². The van der Waals surface area contributed by atoms with E-state index in [9.17, 15) is 4.79 Å². The average Bonchev–Trinajstić information content (AvgIpc) is 2.65. The SMILES string of the molecule is COc1ccc(C(=O)c2c3c(nc4ccccc24)CCCC3)cc1. The number of pyridine rings is 1. The summed E-state index contributed by atoms with van der Waals surface area (Å²) >= 11 is 0. The first-order chi connectivity index (χ1) is 11.8. The van der Waals surface area contributed by atoms with Crippen molar-refractivity contribution in [1.29, 1.82) is 0 Å². The predicted octanol–water partition coefficient (Wildman–Crippen LogP) is 4.35. The van der Waals surface area contributed by atoms with Crippen molar-refractivity contribution in [3.05, 3.63) is 70.9 Å². The van der Waals surface area contributed by atoms with Crippen molar-refractivity contribution in [3.63, 3.8) is 0 Å². The molecule has 1 aromatic heterocycles. The van der Waals surface area contributed by atoms with Crippen LogP contribution in [0.25, 0.3) is 10.9 Å². The second-order valence-corrected chi connectivity index (χ2v) is 6.19. The zero-order valence-corrected chi connectivity index (χ0v) is 13.7. The van der Waals surface area contributed by atoms with Crippen molar-refractivity contribution in [3.8, 4) is 5.75 Å². The molecule has 0 amide bonds. The highest BCUT2D eigenvalue weighted by atomic mass is 16.5. The molecule has 0 radical (unpaired) electrons. The molecule has 0 saturated carbocycles. The van der Waals surface area contributed by atoms with Crippen molar-refractivity contribution >= 4 is 16.7 Å². The third kappa shape index (κ3) is 2.46. The van der Waals surface area contributed by atoms with Crippen LogP contribution >= 0.6 is 0 Å². The number of ether oxygens (including phenoxy) is 1. The summed E-state index contributed by atoms with van der Waals surface area (Å²) in [5, 5.41) is 0.957. The van der Waals surface area contributed by atoms with Gasteiger partial charge in [0.25, 0.3) is 0 Å². The summed E-state index contributed by atoms with van der Waals surface area (Å²) in [5.74, 6) is 0.836. The van der Waals surface area contributed by atoms with Gasteiger partial charge in [-0.05, 0) is 61.6 Å². The maximum atomic E-state index is 13.3. The van der Waals surface area contributed by atoms with Crippen LogP contribution in [-0.2, 0) is 12.8 Å². The van der Waals surface area contributed by atoms with Crippen LogP contribution < -0.4 is 4.74 Å². The van der Waals surface area contributed by atoms with E-state index in [4.69, 9.17) is 9.72 Å². The second-order valence-electron chi connectivity index (χ2n) is 6.19. The standard InChI is InChI=1S/C21H19NO2/c1-24-15-12-10-14(11-13-15)21(23)20-16-6-2-4-8-18(16)22-19-9-5-3-7-17(19)20/h2,4,6,8,10-13H,3,5,7,9H2,1H3. The van der Waals surface area contributed by atoms with Crippen LogP contribution in [0, 0.1) is 0 Å². The Hall–Kier alpha value is -2.68. The molecule has 0 aliphatic heterocycles. The molecule has 0 N–H and O–H groups in total. The van der Waals surface area contributed by atoms with Gasteiger partial charge in [-0.15, -0.1) is 0 Å². The quantitative estimate of drug-likeness (QED) is 0.674. The molecule has 0 spiro atoms. The Kier molecular flexibility index (Phi) is 3.77. The average molecular weight is 317 g/mol. The lowest BCUT2D eigenvalue weighted by Gasteiger charge is -2.20. The highest BCUT2D eigenvalue weighted by molar-refractivity contribution is 6.17. The highest BCUT2D eigenvalue weighted by Gasteiger charge is 2.23. The lowest BCUT2D eigenvalue weighted by molar-refractivity contribution is 0.103. The minimum absolute atomic E-state index is 0.0782. The lowest BCUT2D eigenvalue weighted by Crippen LogP contribution is -2.14. The van der Waals surface area contributed by atoms with Gasteiger partial charge in [0.05, 0.1) is 12.6 Å². The van der Waals surface area contributed by atoms with Crippen LogP contribution in [-0.4, -0.2) is 17.9 Å². The van der Waals surface area contributed by atoms with E-state index in [1.807, 2.05) is 48.5 Å². The molecule has 0 atom stereocenters. The molecule has 2 aromatic carbocycles. The van der Waals surface area contributed by atoms with Gasteiger partial charge in [-0.1, -0.05) is 18.2 Å². The van der Waals surface area contributed by atoms with Crippen LogP contribution in [0.4, 0.5) is 0 Å². The largest absolute Gasteiger partial charge is 0.497 e. The van der Waals surface area contributed by atoms with E-state index in [0.717, 1.165) is 59.2 Å². The van der Waals surface area contributed by atoms with E-state index < -0.39 is 0 Å². The minimum atomic E-state index is 0.0782. The fourth-order valence-corrected chi connectivity index (χ4v) is 3.52. The zero-order chi connectivity index (χ0) is 16.5. The number of aromatic nitrogens is 1. The Balaban J connectivity index is 1.92. The Labute approximate surface area is 141 Å². The summed E-state index contributed by atoms with van der Waals surface area (Å²) in [6, 6.07) is 15.3. The highest BCUT2D eigenvalue weighted by Crippen LogP contribution is 2.31. The summed E-state index contributed by atoms with van der Waals surface area (Å²) in [4.78, 5) is 18.1. The number of fused-ring (bicyclic) bond motifs is 2. The van der Waals surface area contributed by atoms with Gasteiger partial charge < -0.3 is 4.74 Å². The molecule has 0 fully saturated rings. The molecule has 1 aliphatic rings. The van der Waals surface area contributed by atoms with Crippen LogP contribution in [0.1, 0.15) is 40.0 Å². The molecule has 3 nitrogen and oxygen atoms in total. The number of rotatable bonds is 3. The number of methoxy groups -OCH3 is 1. The second kappa shape index (κ2) is 6.08. The molecule has 1 aliphatic carbocycles. The smallest absolute Gasteiger partial charge is 0.194 e. The summed E-state index contributed by atoms with van der Waals surface area (Å²) in [6.45, 7) is 0. The van der Waals surface area contributed by atoms with Gasteiger partial charge >= 0.3 is 0 Å². The Morgan fingerprint density at radius 1 is 1.00 bits per heavy atom. The summed E-state index contributed by atoms with van der Waals surface area (Å²) < 4.78 is 5.19. The van der Waals surface area contributed by atoms with Gasteiger partial charge in [-0.25, -0.2) is 0 Å². The molecular formula is C21H19NO2. The molecule has 120 valence electrons. The van der Waals surface area contributed by atoms with Gasteiger partial charge in [-0.2, -0.15) is 0 Å². The Morgan fingerprint density at radius 3 is 2.54 bits per heavy atom. The summed E-state index contributed by atoms with van der Waals surface area (Å²) in [7, 11) is 1.63. The number of carbonyl (C=O) groups is 1. The van der Waals surface area contributed by atoms with Crippen molar-refractivity contribution in [1.82, 2.24) is 4.98 Å². The molecule has 3 heteroatoms. The lowest BCUT2D eigenvalue weighted by atomic mass is 9.86. The third-order valence-electron chi connectivity index (χ3n) is 4.75. The number of benzene rings is 2. The number of hydrogen-bond donors (Lipinski definition) is 0. The van der Waals surface area contributed by atoms with Crippen LogP contribution in [0.3, 0.4) is 0 Å². The van der Waals surface area contributed by atoms with E-state index in [1.165, 1.54) is 0 Å². The van der Waals surface area contributed by atoms with Crippen molar-refractivity contribution in [2.24, 2.45) is 0 Å². The molecule has 24 heavy (non-hydrogen) atoms. The molecule has 0 saturated heterocycles. The van der Waals surface area contributed by atoms with Gasteiger partial charge in [0.2, 0.25) is 0 Å². The third-order valence-corrected chi connectivity index (χ3v) is 4.75. The van der Waals surface area contributed by atoms with Gasteiger partial charge in [-0.3, -0.25) is 9.78 Å². The monoisotopic (exact) mass is 317 g/mol. The maximum Gasteiger partial charge on any atom is 0.194 e. The zero-order valence-electron chi connectivity index (χ0n) is 13.7. The topological polar surface area (TPSA) is 39.2 Å². The number of nitrogens with zero attached hydrogens (tertiary/aromatic N) is 1. The first kappa shape index (κ1) is 14.9. The first-order valence-electron chi connectivity index (χ1n) is 8.37. The van der Waals surface area contributed by atoms with Gasteiger partial charge in [0.1, 0.15) is 5.75 Å². The van der Waals surface area contributed by atoms with Crippen molar-refractivity contribution < 1.29 is 9.53 Å². The molecule has 3 aromatic rings. The molecule has 1 heterocycles. The van der Waals surface area contributed by atoms with Crippen LogP contribution in [0.2, 0.25) is 0 Å². The first-order valence-corrected chi connectivity index (χ1v) is 8.37. The number of aryl methyl sites for hydroxylation is 1. The van der Waals surface area contributed by atoms with Crippen LogP contribution in [0.15, 0.2) is 48.5 Å². The normalized spacial score (nSPS) is 13.5. The predicted molar refractivity (Wildman–Crippen MR) is 94.8 cm³/mol. The van der Waals surface area contributed by atoms with E-state index in [-0.39, 0.29) is 5.78 Å². The van der Waals surface area contributed by atoms with Crippen LogP contribution in [0.5, 0.6) is 5.75 Å². The number of ketones is 1. The maximum absolute atomic E-state index is 13.3. The molecule has 0 unspecified atom stereocenters. The van der Waals surface area contributed by atoms with Crippen molar-refractivity contribution in [2.75, 3.05) is 7.11 Å². The van der Waals surface area contributed by atoms with Crippen molar-refractivity contribution in [2.45, 2.75) is 25.7 Å². The minimum Gasteiger partial charge on any atom is -0.497 e. The van der Waals surface area contributed by atoms with Gasteiger partial charge in [0.15, 0.2) is 5.78 Å². The summed E-state index contributed by atoms with van der Waals surface area (Å²) in [6.07, 6.45) is 4.16. The van der Waals surface area contributed by atoms with Gasteiger partial charge in [0, 0.05) is 22.2 Å². The fourth-order valence-electron chi connectivity index (χ4n) is 3.52. The Morgan fingerprint density at radius 2 is 1.75 bits per heavy atom. The summed E-state index contributed by atoms with van der Waals surface area (Å²) in [5.41, 5.74) is 4.67. The number of para-hydroxylation sites is 1. The molecule has 0 bridgehead atoms. The van der Waals surface area contributed by atoms with E-state index in [0.29, 0.717) is 5.56 Å². The Bertz CT molecular complexity index is 913. The molecule has 4 rings (SSSR count). The fraction of sp³-hybridized carbons (Fsp3) is 0.238. The molecular weight excluding hydrogens is 298 g/mol. The number of hydrogen-bond acceptors (Lipinski definition) is 3.